The van der Waals surface area contributed by atoms with E-state index < -0.39 is 5.97 Å². The number of hydrogen-bond acceptors (Lipinski definition) is 2. The molecular formula is C15H22N2O3. The summed E-state index contributed by atoms with van der Waals surface area (Å²) in [5, 5.41) is 14.3. The number of hydrogen-bond donors (Lipinski definition) is 3. The van der Waals surface area contributed by atoms with Crippen LogP contribution in [-0.2, 0) is 4.79 Å². The van der Waals surface area contributed by atoms with E-state index in [1.165, 1.54) is 0 Å². The maximum absolute atomic E-state index is 11.8. The summed E-state index contributed by atoms with van der Waals surface area (Å²) in [5.41, 5.74) is 1.03. The molecule has 0 aromatic heterocycles. The Labute approximate surface area is 119 Å². The molecule has 3 N–H and O–H groups in total. The Hall–Kier alpha value is -2.04. The average molecular weight is 278 g/mol. The second-order valence-electron chi connectivity index (χ2n) is 4.86. The predicted octanol–water partition coefficient (Wildman–Crippen LogP) is 2.55. The van der Waals surface area contributed by atoms with Crippen LogP contribution in [0.3, 0.4) is 0 Å². The SMILES string of the molecule is CCC(CNC(=O)NC(C)c1ccccc1)CC(=O)O. The third kappa shape index (κ3) is 5.73. The molecule has 110 valence electrons. The first-order chi connectivity index (χ1) is 9.52. The molecule has 1 rings (SSSR count). The van der Waals surface area contributed by atoms with E-state index in [0.717, 1.165) is 12.0 Å². The molecule has 0 heterocycles. The van der Waals surface area contributed by atoms with E-state index in [9.17, 15) is 9.59 Å². The van der Waals surface area contributed by atoms with Crippen LogP contribution in [0.2, 0.25) is 0 Å². The largest absolute Gasteiger partial charge is 0.481 e. The molecule has 5 nitrogen and oxygen atoms in total. The normalized spacial score (nSPS) is 13.3. The molecule has 1 aromatic rings. The molecule has 20 heavy (non-hydrogen) atoms. The molecule has 2 unspecified atom stereocenters. The van der Waals surface area contributed by atoms with Gasteiger partial charge in [0.25, 0.3) is 0 Å². The fraction of sp³-hybridized carbons (Fsp3) is 0.467. The van der Waals surface area contributed by atoms with Crippen LogP contribution in [0.25, 0.3) is 0 Å². The van der Waals surface area contributed by atoms with Gasteiger partial charge in [-0.3, -0.25) is 4.79 Å². The highest BCUT2D eigenvalue weighted by molar-refractivity contribution is 5.74. The number of benzene rings is 1. The molecule has 0 spiro atoms. The summed E-state index contributed by atoms with van der Waals surface area (Å²) in [4.78, 5) is 22.4. The van der Waals surface area contributed by atoms with Crippen LogP contribution in [0.5, 0.6) is 0 Å². The molecule has 0 saturated heterocycles. The van der Waals surface area contributed by atoms with Gasteiger partial charge >= 0.3 is 12.0 Å². The Bertz CT molecular complexity index is 434. The van der Waals surface area contributed by atoms with Gasteiger partial charge in [0.05, 0.1) is 6.04 Å². The quantitative estimate of drug-likeness (QED) is 0.717. The number of amides is 2. The first-order valence-corrected chi connectivity index (χ1v) is 6.84. The van der Waals surface area contributed by atoms with Crippen molar-refractivity contribution in [2.45, 2.75) is 32.7 Å². The summed E-state index contributed by atoms with van der Waals surface area (Å²) < 4.78 is 0. The average Bonchev–Trinajstić information content (AvgIpc) is 2.44. The second-order valence-corrected chi connectivity index (χ2v) is 4.86. The number of carboxylic acid groups (broad SMARTS) is 1. The lowest BCUT2D eigenvalue weighted by Gasteiger charge is -2.17. The van der Waals surface area contributed by atoms with Crippen molar-refractivity contribution in [2.75, 3.05) is 6.54 Å². The third-order valence-corrected chi connectivity index (χ3v) is 3.24. The molecular weight excluding hydrogens is 256 g/mol. The summed E-state index contributed by atoms with van der Waals surface area (Å²) in [6, 6.07) is 9.31. The lowest BCUT2D eigenvalue weighted by atomic mass is 10.0. The van der Waals surface area contributed by atoms with E-state index in [2.05, 4.69) is 10.6 Å². The molecule has 0 fully saturated rings. The van der Waals surface area contributed by atoms with Crippen LogP contribution < -0.4 is 10.6 Å². The Morgan fingerprint density at radius 3 is 2.45 bits per heavy atom. The van der Waals surface area contributed by atoms with Gasteiger partial charge in [-0.25, -0.2) is 4.79 Å². The summed E-state index contributed by atoms with van der Waals surface area (Å²) in [6.45, 7) is 4.19. The van der Waals surface area contributed by atoms with Crippen LogP contribution in [0, 0.1) is 5.92 Å². The first-order valence-electron chi connectivity index (χ1n) is 6.84. The maximum atomic E-state index is 11.8. The topological polar surface area (TPSA) is 78.4 Å². The van der Waals surface area contributed by atoms with Crippen LogP contribution in [0.15, 0.2) is 30.3 Å². The van der Waals surface area contributed by atoms with E-state index in [0.29, 0.717) is 6.54 Å². The molecule has 2 amide bonds. The van der Waals surface area contributed by atoms with Crippen LogP contribution in [-0.4, -0.2) is 23.7 Å². The Kier molecular flexibility index (Phi) is 6.56. The van der Waals surface area contributed by atoms with Gasteiger partial charge in [0, 0.05) is 13.0 Å². The third-order valence-electron chi connectivity index (χ3n) is 3.24. The van der Waals surface area contributed by atoms with Gasteiger partial charge < -0.3 is 15.7 Å². The van der Waals surface area contributed by atoms with Crippen molar-refractivity contribution in [3.63, 3.8) is 0 Å². The highest BCUT2D eigenvalue weighted by Gasteiger charge is 2.13. The van der Waals surface area contributed by atoms with Crippen LogP contribution in [0.1, 0.15) is 38.3 Å². The fourth-order valence-corrected chi connectivity index (χ4v) is 1.92. The number of carbonyl (C=O) groups excluding carboxylic acids is 1. The van der Waals surface area contributed by atoms with Crippen molar-refractivity contribution in [3.8, 4) is 0 Å². The van der Waals surface area contributed by atoms with Crippen molar-refractivity contribution >= 4 is 12.0 Å². The minimum absolute atomic E-state index is 0.0368. The molecule has 0 aliphatic rings. The van der Waals surface area contributed by atoms with Crippen molar-refractivity contribution < 1.29 is 14.7 Å². The minimum atomic E-state index is -0.836. The highest BCUT2D eigenvalue weighted by Crippen LogP contribution is 2.11. The molecule has 0 aliphatic carbocycles. The van der Waals surface area contributed by atoms with Gasteiger partial charge in [-0.15, -0.1) is 0 Å². The van der Waals surface area contributed by atoms with Crippen molar-refractivity contribution in [1.82, 2.24) is 10.6 Å². The Morgan fingerprint density at radius 2 is 1.90 bits per heavy atom. The molecule has 0 aliphatic heterocycles. The molecule has 2 atom stereocenters. The highest BCUT2D eigenvalue weighted by atomic mass is 16.4. The number of carboxylic acids is 1. The standard InChI is InChI=1S/C15H22N2O3/c1-3-12(9-14(18)19)10-16-15(20)17-11(2)13-7-5-4-6-8-13/h4-8,11-12H,3,9-10H2,1-2H3,(H,18,19)(H2,16,17,20). The fourth-order valence-electron chi connectivity index (χ4n) is 1.92. The molecule has 5 heteroatoms. The summed E-state index contributed by atoms with van der Waals surface area (Å²) >= 11 is 0. The zero-order valence-electron chi connectivity index (χ0n) is 11.9. The van der Waals surface area contributed by atoms with Crippen LogP contribution >= 0.6 is 0 Å². The Balaban J connectivity index is 2.38. The lowest BCUT2D eigenvalue weighted by Crippen LogP contribution is -2.39. The van der Waals surface area contributed by atoms with E-state index in [4.69, 9.17) is 5.11 Å². The van der Waals surface area contributed by atoms with Gasteiger partial charge in [-0.05, 0) is 18.4 Å². The van der Waals surface area contributed by atoms with Crippen molar-refractivity contribution in [1.29, 1.82) is 0 Å². The zero-order chi connectivity index (χ0) is 15.0. The summed E-state index contributed by atoms with van der Waals surface area (Å²) in [6.07, 6.45) is 0.797. The monoisotopic (exact) mass is 278 g/mol. The van der Waals surface area contributed by atoms with Crippen molar-refractivity contribution in [3.05, 3.63) is 35.9 Å². The lowest BCUT2D eigenvalue weighted by molar-refractivity contribution is -0.138. The number of rotatable bonds is 7. The van der Waals surface area contributed by atoms with Gasteiger partial charge in [-0.1, -0.05) is 43.7 Å². The number of nitrogens with one attached hydrogen (secondary N) is 2. The number of carbonyl (C=O) groups is 2. The Morgan fingerprint density at radius 1 is 1.25 bits per heavy atom. The predicted molar refractivity (Wildman–Crippen MR) is 77.4 cm³/mol. The first kappa shape index (κ1) is 16.0. The van der Waals surface area contributed by atoms with Gasteiger partial charge in [-0.2, -0.15) is 0 Å². The summed E-state index contributed by atoms with van der Waals surface area (Å²) in [5.74, 6) is -0.873. The van der Waals surface area contributed by atoms with Gasteiger partial charge in [0.2, 0.25) is 0 Å². The molecule has 0 saturated carbocycles. The van der Waals surface area contributed by atoms with Crippen LogP contribution in [0.4, 0.5) is 4.79 Å². The van der Waals surface area contributed by atoms with Gasteiger partial charge in [0.1, 0.15) is 0 Å². The van der Waals surface area contributed by atoms with E-state index in [1.807, 2.05) is 44.2 Å². The van der Waals surface area contributed by atoms with E-state index in [1.54, 1.807) is 0 Å². The molecule has 0 radical (unpaired) electrons. The molecule has 0 bridgehead atoms. The number of aliphatic carboxylic acids is 1. The second kappa shape index (κ2) is 8.19. The van der Waals surface area contributed by atoms with Gasteiger partial charge in [0.15, 0.2) is 0 Å². The molecule has 1 aromatic carbocycles. The van der Waals surface area contributed by atoms with E-state index >= 15 is 0 Å². The van der Waals surface area contributed by atoms with E-state index in [-0.39, 0.29) is 24.4 Å². The smallest absolute Gasteiger partial charge is 0.315 e. The number of urea groups is 1. The minimum Gasteiger partial charge on any atom is -0.481 e. The summed E-state index contributed by atoms with van der Waals surface area (Å²) in [7, 11) is 0. The van der Waals surface area contributed by atoms with Crippen molar-refractivity contribution in [2.24, 2.45) is 5.92 Å². The maximum Gasteiger partial charge on any atom is 0.315 e. The zero-order valence-corrected chi connectivity index (χ0v) is 11.9.